The zero-order valence-corrected chi connectivity index (χ0v) is 12.9. The van der Waals surface area contributed by atoms with Crippen LogP contribution in [0.3, 0.4) is 0 Å². The summed E-state index contributed by atoms with van der Waals surface area (Å²) < 4.78 is 0. The van der Waals surface area contributed by atoms with E-state index in [0.29, 0.717) is 25.1 Å². The summed E-state index contributed by atoms with van der Waals surface area (Å²) in [5.74, 6) is 0.763. The van der Waals surface area contributed by atoms with Crippen LogP contribution in [0.1, 0.15) is 49.9 Å². The van der Waals surface area contributed by atoms with Gasteiger partial charge in [0.15, 0.2) is 0 Å². The number of pyridine rings is 1. The first-order valence-electron chi connectivity index (χ1n) is 7.73. The van der Waals surface area contributed by atoms with E-state index >= 15 is 0 Å². The summed E-state index contributed by atoms with van der Waals surface area (Å²) in [6.07, 6.45) is 4.90. The quantitative estimate of drug-likeness (QED) is 0.893. The minimum atomic E-state index is -0.652. The first-order chi connectivity index (χ1) is 10.0. The van der Waals surface area contributed by atoms with Crippen LogP contribution >= 0.6 is 0 Å². The average molecular weight is 291 g/mol. The van der Waals surface area contributed by atoms with Gasteiger partial charge in [-0.15, -0.1) is 0 Å². The van der Waals surface area contributed by atoms with Crippen molar-refractivity contribution in [3.05, 3.63) is 23.9 Å². The number of hydrogen-bond donors (Lipinski definition) is 2. The molecule has 1 fully saturated rings. The van der Waals surface area contributed by atoms with Crippen LogP contribution in [-0.2, 0) is 0 Å². The maximum absolute atomic E-state index is 12.6. The standard InChI is InChI=1S/C16H25N3O2/c1-3-8-17-14-12-13(5-9-18-14)15(20)19-10-4-6-16(2,21)7-11-19/h5,9,12,21H,3-4,6-8,10-11H2,1-2H3,(H,17,18). The molecule has 5 heteroatoms. The molecule has 116 valence electrons. The number of rotatable bonds is 4. The van der Waals surface area contributed by atoms with Crippen molar-refractivity contribution in [1.82, 2.24) is 9.88 Å². The Balaban J connectivity index is 2.05. The first-order valence-corrected chi connectivity index (χ1v) is 7.73. The molecule has 0 aromatic carbocycles. The van der Waals surface area contributed by atoms with E-state index < -0.39 is 5.60 Å². The maximum atomic E-state index is 12.6. The van der Waals surface area contributed by atoms with E-state index in [1.165, 1.54) is 0 Å². The molecule has 1 amide bonds. The zero-order chi connectivity index (χ0) is 15.3. The highest BCUT2D eigenvalue weighted by molar-refractivity contribution is 5.94. The predicted molar refractivity (Wildman–Crippen MR) is 83.4 cm³/mol. The van der Waals surface area contributed by atoms with Crippen LogP contribution in [0, 0.1) is 0 Å². The molecule has 2 N–H and O–H groups in total. The van der Waals surface area contributed by atoms with Crippen molar-refractivity contribution in [2.45, 2.75) is 45.1 Å². The van der Waals surface area contributed by atoms with Gasteiger partial charge in [0.25, 0.3) is 5.91 Å². The normalized spacial score (nSPS) is 22.7. The summed E-state index contributed by atoms with van der Waals surface area (Å²) in [7, 11) is 0. The molecule has 2 heterocycles. The van der Waals surface area contributed by atoms with Gasteiger partial charge in [-0.2, -0.15) is 0 Å². The summed E-state index contributed by atoms with van der Waals surface area (Å²) in [6, 6.07) is 3.56. The highest BCUT2D eigenvalue weighted by Gasteiger charge is 2.27. The van der Waals surface area contributed by atoms with Crippen LogP contribution in [-0.4, -0.2) is 46.1 Å². The number of amides is 1. The molecule has 2 rings (SSSR count). The third-order valence-electron chi connectivity index (χ3n) is 3.91. The molecular formula is C16H25N3O2. The second-order valence-electron chi connectivity index (χ2n) is 6.00. The molecule has 21 heavy (non-hydrogen) atoms. The fourth-order valence-electron chi connectivity index (χ4n) is 2.56. The monoisotopic (exact) mass is 291 g/mol. The van der Waals surface area contributed by atoms with E-state index in [2.05, 4.69) is 17.2 Å². The summed E-state index contributed by atoms with van der Waals surface area (Å²) in [5.41, 5.74) is 0.00587. The molecule has 0 spiro atoms. The largest absolute Gasteiger partial charge is 0.390 e. The molecule has 1 saturated heterocycles. The maximum Gasteiger partial charge on any atom is 0.254 e. The van der Waals surface area contributed by atoms with Gasteiger partial charge >= 0.3 is 0 Å². The van der Waals surface area contributed by atoms with E-state index in [1.807, 2.05) is 11.8 Å². The van der Waals surface area contributed by atoms with Gasteiger partial charge in [-0.1, -0.05) is 6.92 Å². The Morgan fingerprint density at radius 1 is 1.48 bits per heavy atom. The van der Waals surface area contributed by atoms with Crippen molar-refractivity contribution in [3.8, 4) is 0 Å². The van der Waals surface area contributed by atoms with Crippen molar-refractivity contribution < 1.29 is 9.90 Å². The average Bonchev–Trinajstić information content (AvgIpc) is 2.65. The van der Waals surface area contributed by atoms with E-state index in [-0.39, 0.29) is 5.91 Å². The lowest BCUT2D eigenvalue weighted by atomic mass is 9.98. The Kier molecular flexibility index (Phi) is 5.17. The number of hydrogen-bond acceptors (Lipinski definition) is 4. The predicted octanol–water partition coefficient (Wildman–Crippen LogP) is 2.28. The number of anilines is 1. The minimum absolute atomic E-state index is 0.0228. The molecule has 1 aromatic rings. The zero-order valence-electron chi connectivity index (χ0n) is 12.9. The number of aliphatic hydroxyl groups is 1. The highest BCUT2D eigenvalue weighted by Crippen LogP contribution is 2.22. The van der Waals surface area contributed by atoms with E-state index in [4.69, 9.17) is 0 Å². The first kappa shape index (κ1) is 15.8. The number of nitrogens with one attached hydrogen (secondary N) is 1. The van der Waals surface area contributed by atoms with Crippen molar-refractivity contribution in [2.75, 3.05) is 25.0 Å². The molecule has 1 aromatic heterocycles. The van der Waals surface area contributed by atoms with Gasteiger partial charge in [-0.05, 0) is 44.7 Å². The second-order valence-corrected chi connectivity index (χ2v) is 6.00. The topological polar surface area (TPSA) is 65.5 Å². The smallest absolute Gasteiger partial charge is 0.254 e. The van der Waals surface area contributed by atoms with Crippen LogP contribution in [0.25, 0.3) is 0 Å². The fraction of sp³-hybridized carbons (Fsp3) is 0.625. The lowest BCUT2D eigenvalue weighted by Crippen LogP contribution is -2.33. The second kappa shape index (κ2) is 6.89. The van der Waals surface area contributed by atoms with Crippen LogP contribution in [0.5, 0.6) is 0 Å². The molecule has 0 radical (unpaired) electrons. The Morgan fingerprint density at radius 2 is 2.29 bits per heavy atom. The highest BCUT2D eigenvalue weighted by atomic mass is 16.3. The summed E-state index contributed by atoms with van der Waals surface area (Å²) in [6.45, 7) is 6.09. The molecule has 1 aliphatic heterocycles. The summed E-state index contributed by atoms with van der Waals surface area (Å²) >= 11 is 0. The van der Waals surface area contributed by atoms with Crippen LogP contribution in [0.2, 0.25) is 0 Å². The Labute approximate surface area is 126 Å². The summed E-state index contributed by atoms with van der Waals surface area (Å²) in [4.78, 5) is 18.6. The molecule has 1 unspecified atom stereocenters. The van der Waals surface area contributed by atoms with Crippen LogP contribution in [0.4, 0.5) is 5.82 Å². The molecular weight excluding hydrogens is 266 g/mol. The van der Waals surface area contributed by atoms with Crippen molar-refractivity contribution in [2.24, 2.45) is 0 Å². The Hall–Kier alpha value is -1.62. The Bertz CT molecular complexity index is 488. The van der Waals surface area contributed by atoms with Crippen molar-refractivity contribution in [3.63, 3.8) is 0 Å². The van der Waals surface area contributed by atoms with Gasteiger partial charge in [0, 0.05) is 31.4 Å². The van der Waals surface area contributed by atoms with Gasteiger partial charge in [0.2, 0.25) is 0 Å². The van der Waals surface area contributed by atoms with Gasteiger partial charge in [-0.25, -0.2) is 4.98 Å². The molecule has 0 bridgehead atoms. The van der Waals surface area contributed by atoms with Gasteiger partial charge in [-0.3, -0.25) is 4.79 Å². The van der Waals surface area contributed by atoms with Gasteiger partial charge in [0.1, 0.15) is 5.82 Å². The van der Waals surface area contributed by atoms with E-state index in [1.54, 1.807) is 18.3 Å². The van der Waals surface area contributed by atoms with E-state index in [9.17, 15) is 9.90 Å². The third kappa shape index (κ3) is 4.43. The number of carbonyl (C=O) groups excluding carboxylic acids is 1. The molecule has 1 atom stereocenters. The number of aromatic nitrogens is 1. The van der Waals surface area contributed by atoms with Gasteiger partial charge in [0.05, 0.1) is 5.60 Å². The van der Waals surface area contributed by atoms with Crippen LogP contribution < -0.4 is 5.32 Å². The number of carbonyl (C=O) groups is 1. The number of nitrogens with zero attached hydrogens (tertiary/aromatic N) is 2. The fourth-order valence-corrected chi connectivity index (χ4v) is 2.56. The van der Waals surface area contributed by atoms with Crippen molar-refractivity contribution >= 4 is 11.7 Å². The van der Waals surface area contributed by atoms with E-state index in [0.717, 1.165) is 31.6 Å². The summed E-state index contributed by atoms with van der Waals surface area (Å²) in [5, 5.41) is 13.3. The van der Waals surface area contributed by atoms with Crippen LogP contribution in [0.15, 0.2) is 18.3 Å². The molecule has 5 nitrogen and oxygen atoms in total. The minimum Gasteiger partial charge on any atom is -0.390 e. The third-order valence-corrected chi connectivity index (χ3v) is 3.91. The lowest BCUT2D eigenvalue weighted by Gasteiger charge is -2.22. The molecule has 1 aliphatic rings. The Morgan fingerprint density at radius 3 is 3.05 bits per heavy atom. The lowest BCUT2D eigenvalue weighted by molar-refractivity contribution is 0.0438. The van der Waals surface area contributed by atoms with Gasteiger partial charge < -0.3 is 15.3 Å². The SMILES string of the molecule is CCCNc1cc(C(=O)N2CCCC(C)(O)CC2)ccn1. The number of likely N-dealkylation sites (tertiary alicyclic amines) is 1. The molecule has 0 aliphatic carbocycles. The molecule has 0 saturated carbocycles. The van der Waals surface area contributed by atoms with Crippen molar-refractivity contribution in [1.29, 1.82) is 0 Å².